The molecule has 7 heteroatoms. The molecule has 0 unspecified atom stereocenters. The van der Waals surface area contributed by atoms with E-state index in [9.17, 15) is 13.2 Å². The van der Waals surface area contributed by atoms with Crippen molar-refractivity contribution in [3.63, 3.8) is 0 Å². The standard InChI is InChI=1S/C20H23NO5S/c1-14(2)26-20-16(6-5-7-19(20)25-4)10-13-18(22)15-8-11-17(12-9-15)27(23,24)21-3/h5-14,21H,1-4H3/b13-10+. The molecule has 2 rings (SSSR count). The summed E-state index contributed by atoms with van der Waals surface area (Å²) in [5, 5.41) is 0. The van der Waals surface area contributed by atoms with Gasteiger partial charge in [0, 0.05) is 11.1 Å². The van der Waals surface area contributed by atoms with Gasteiger partial charge in [-0.2, -0.15) is 0 Å². The van der Waals surface area contributed by atoms with Crippen LogP contribution in [0.2, 0.25) is 0 Å². The molecule has 0 aromatic heterocycles. The van der Waals surface area contributed by atoms with E-state index in [1.165, 1.54) is 37.4 Å². The highest BCUT2D eigenvalue weighted by Crippen LogP contribution is 2.33. The summed E-state index contributed by atoms with van der Waals surface area (Å²) in [7, 11) is -0.638. The monoisotopic (exact) mass is 389 g/mol. The third kappa shape index (κ3) is 5.18. The van der Waals surface area contributed by atoms with Crippen molar-refractivity contribution in [2.24, 2.45) is 0 Å². The molecule has 144 valence electrons. The maximum absolute atomic E-state index is 12.4. The number of nitrogens with one attached hydrogen (secondary N) is 1. The minimum absolute atomic E-state index is 0.0502. The van der Waals surface area contributed by atoms with Gasteiger partial charge in [-0.05, 0) is 63.4 Å². The smallest absolute Gasteiger partial charge is 0.240 e. The summed E-state index contributed by atoms with van der Waals surface area (Å²) >= 11 is 0. The van der Waals surface area contributed by atoms with Gasteiger partial charge in [0.1, 0.15) is 0 Å². The molecule has 0 aliphatic rings. The highest BCUT2D eigenvalue weighted by atomic mass is 32.2. The van der Waals surface area contributed by atoms with Crippen LogP contribution in [0.3, 0.4) is 0 Å². The third-order valence-electron chi connectivity index (χ3n) is 3.71. The fourth-order valence-corrected chi connectivity index (χ4v) is 3.09. The van der Waals surface area contributed by atoms with Crippen molar-refractivity contribution in [2.45, 2.75) is 24.8 Å². The Bertz CT molecular complexity index is 931. The van der Waals surface area contributed by atoms with Gasteiger partial charge in [-0.3, -0.25) is 4.79 Å². The second-order valence-electron chi connectivity index (χ2n) is 5.97. The van der Waals surface area contributed by atoms with E-state index in [0.29, 0.717) is 22.6 Å². The van der Waals surface area contributed by atoms with Crippen LogP contribution in [-0.4, -0.2) is 34.5 Å². The number of ether oxygens (including phenoxy) is 2. The van der Waals surface area contributed by atoms with Crippen molar-refractivity contribution in [1.82, 2.24) is 4.72 Å². The summed E-state index contributed by atoms with van der Waals surface area (Å²) in [5.41, 5.74) is 1.10. The van der Waals surface area contributed by atoms with Gasteiger partial charge >= 0.3 is 0 Å². The predicted molar refractivity (Wildman–Crippen MR) is 105 cm³/mol. The van der Waals surface area contributed by atoms with E-state index in [-0.39, 0.29) is 16.8 Å². The molecular formula is C20H23NO5S. The lowest BCUT2D eigenvalue weighted by molar-refractivity contribution is 0.104. The average Bonchev–Trinajstić information content (AvgIpc) is 2.66. The molecule has 0 saturated carbocycles. The first-order valence-corrected chi connectivity index (χ1v) is 9.86. The van der Waals surface area contributed by atoms with Crippen molar-refractivity contribution in [1.29, 1.82) is 0 Å². The first-order valence-electron chi connectivity index (χ1n) is 8.38. The Morgan fingerprint density at radius 3 is 2.33 bits per heavy atom. The summed E-state index contributed by atoms with van der Waals surface area (Å²) in [6.07, 6.45) is 3.02. The van der Waals surface area contributed by atoms with Gasteiger partial charge in [0.15, 0.2) is 17.3 Å². The number of carbonyl (C=O) groups is 1. The number of sulfonamides is 1. The average molecular weight is 389 g/mol. The molecule has 0 atom stereocenters. The van der Waals surface area contributed by atoms with Crippen molar-refractivity contribution in [3.8, 4) is 11.5 Å². The van der Waals surface area contributed by atoms with Crippen LogP contribution < -0.4 is 14.2 Å². The Hall–Kier alpha value is -2.64. The molecule has 1 N–H and O–H groups in total. The van der Waals surface area contributed by atoms with Crippen molar-refractivity contribution in [3.05, 3.63) is 59.7 Å². The largest absolute Gasteiger partial charge is 0.493 e. The molecule has 0 amide bonds. The number of methoxy groups -OCH3 is 1. The SMILES string of the molecule is CNS(=O)(=O)c1ccc(C(=O)/C=C/c2cccc(OC)c2OC(C)C)cc1. The number of hydrogen-bond donors (Lipinski definition) is 1. The van der Waals surface area contributed by atoms with E-state index in [2.05, 4.69) is 4.72 Å². The zero-order valence-electron chi connectivity index (χ0n) is 15.7. The number of benzene rings is 2. The van der Waals surface area contributed by atoms with Crippen LogP contribution in [0.5, 0.6) is 11.5 Å². The molecule has 2 aromatic carbocycles. The van der Waals surface area contributed by atoms with Crippen LogP contribution in [0.4, 0.5) is 0 Å². The normalized spacial score (nSPS) is 11.7. The second-order valence-corrected chi connectivity index (χ2v) is 7.86. The number of carbonyl (C=O) groups excluding carboxylic acids is 1. The Morgan fingerprint density at radius 2 is 1.78 bits per heavy atom. The maximum atomic E-state index is 12.4. The van der Waals surface area contributed by atoms with Gasteiger partial charge in [0.25, 0.3) is 0 Å². The predicted octanol–water partition coefficient (Wildman–Crippen LogP) is 3.29. The topological polar surface area (TPSA) is 81.7 Å². The Balaban J connectivity index is 2.27. The zero-order valence-corrected chi connectivity index (χ0v) is 16.5. The molecule has 0 bridgehead atoms. The van der Waals surface area contributed by atoms with Crippen LogP contribution in [0.15, 0.2) is 53.4 Å². The fourth-order valence-electron chi connectivity index (χ4n) is 2.36. The van der Waals surface area contributed by atoms with Gasteiger partial charge in [-0.1, -0.05) is 12.1 Å². The number of hydrogen-bond acceptors (Lipinski definition) is 5. The molecule has 0 aliphatic carbocycles. The van der Waals surface area contributed by atoms with E-state index < -0.39 is 10.0 Å². The molecule has 0 heterocycles. The quantitative estimate of drug-likeness (QED) is 0.553. The summed E-state index contributed by atoms with van der Waals surface area (Å²) in [6.45, 7) is 3.82. The molecule has 2 aromatic rings. The van der Waals surface area contributed by atoms with Gasteiger partial charge < -0.3 is 9.47 Å². The lowest BCUT2D eigenvalue weighted by Crippen LogP contribution is -2.18. The molecule has 6 nitrogen and oxygen atoms in total. The fraction of sp³-hybridized carbons (Fsp3) is 0.250. The van der Waals surface area contributed by atoms with E-state index in [1.807, 2.05) is 26.0 Å². The summed E-state index contributed by atoms with van der Waals surface area (Å²) in [5.74, 6) is 0.899. The van der Waals surface area contributed by atoms with Gasteiger partial charge in [-0.15, -0.1) is 0 Å². The number of para-hydroxylation sites is 1. The molecule has 0 aliphatic heterocycles. The van der Waals surface area contributed by atoms with Crippen LogP contribution in [0.25, 0.3) is 6.08 Å². The van der Waals surface area contributed by atoms with Gasteiger partial charge in [-0.25, -0.2) is 13.1 Å². The maximum Gasteiger partial charge on any atom is 0.240 e. The van der Waals surface area contributed by atoms with Crippen molar-refractivity contribution >= 4 is 21.9 Å². The molecular weight excluding hydrogens is 366 g/mol. The van der Waals surface area contributed by atoms with E-state index in [4.69, 9.17) is 9.47 Å². The Kier molecular flexibility index (Phi) is 6.76. The lowest BCUT2D eigenvalue weighted by Gasteiger charge is -2.15. The van der Waals surface area contributed by atoms with Gasteiger partial charge in [0.2, 0.25) is 10.0 Å². The molecule has 0 radical (unpaired) electrons. The van der Waals surface area contributed by atoms with Crippen LogP contribution in [0.1, 0.15) is 29.8 Å². The lowest BCUT2D eigenvalue weighted by atomic mass is 10.1. The molecule has 0 spiro atoms. The highest BCUT2D eigenvalue weighted by molar-refractivity contribution is 7.89. The minimum atomic E-state index is -3.53. The van der Waals surface area contributed by atoms with E-state index in [1.54, 1.807) is 19.3 Å². The summed E-state index contributed by atoms with van der Waals surface area (Å²) < 4.78 is 36.9. The first-order chi connectivity index (χ1) is 12.8. The molecule has 0 fully saturated rings. The summed E-state index contributed by atoms with van der Waals surface area (Å²) in [4.78, 5) is 12.5. The Morgan fingerprint density at radius 1 is 1.11 bits per heavy atom. The first kappa shape index (κ1) is 20.7. The molecule has 0 saturated heterocycles. The second kappa shape index (κ2) is 8.83. The number of ketones is 1. The van der Waals surface area contributed by atoms with E-state index >= 15 is 0 Å². The van der Waals surface area contributed by atoms with Crippen molar-refractivity contribution < 1.29 is 22.7 Å². The number of allylic oxidation sites excluding steroid dienone is 1. The van der Waals surface area contributed by atoms with Gasteiger partial charge in [0.05, 0.1) is 18.1 Å². The minimum Gasteiger partial charge on any atom is -0.493 e. The highest BCUT2D eigenvalue weighted by Gasteiger charge is 2.13. The summed E-state index contributed by atoms with van der Waals surface area (Å²) in [6, 6.07) is 11.2. The number of rotatable bonds is 8. The Labute approximate surface area is 159 Å². The van der Waals surface area contributed by atoms with Crippen LogP contribution in [-0.2, 0) is 10.0 Å². The van der Waals surface area contributed by atoms with Crippen LogP contribution >= 0.6 is 0 Å². The molecule has 27 heavy (non-hydrogen) atoms. The third-order valence-corrected chi connectivity index (χ3v) is 5.15. The van der Waals surface area contributed by atoms with Crippen LogP contribution in [0, 0.1) is 0 Å². The van der Waals surface area contributed by atoms with E-state index in [0.717, 1.165) is 0 Å². The van der Waals surface area contributed by atoms with Crippen molar-refractivity contribution in [2.75, 3.05) is 14.2 Å². The zero-order chi connectivity index (χ0) is 20.0.